The highest BCUT2D eigenvalue weighted by Gasteiger charge is 2.25. The lowest BCUT2D eigenvalue weighted by atomic mass is 10.1. The number of nitrogens with one attached hydrogen (secondary N) is 1. The zero-order valence-electron chi connectivity index (χ0n) is 20.0. The smallest absolute Gasteiger partial charge is 0.267 e. The summed E-state index contributed by atoms with van der Waals surface area (Å²) >= 11 is 1.34. The maximum atomic E-state index is 13.7. The molecule has 6 rings (SSSR count). The number of carbonyl (C=O) groups is 1. The average molecular weight is 494 g/mol. The largest absolute Gasteiger partial charge is 0.360 e. The number of ketones is 1. The van der Waals surface area contributed by atoms with E-state index in [-0.39, 0.29) is 11.3 Å². The first-order valence-corrected chi connectivity index (χ1v) is 12.6. The van der Waals surface area contributed by atoms with Crippen LogP contribution in [0.25, 0.3) is 33.3 Å². The molecule has 3 aromatic carbocycles. The predicted octanol–water partition coefficient (Wildman–Crippen LogP) is 5.50. The van der Waals surface area contributed by atoms with Crippen LogP contribution in [0.1, 0.15) is 28.4 Å². The molecule has 0 radical (unpaired) electrons. The van der Waals surface area contributed by atoms with Crippen LogP contribution >= 0.6 is 11.8 Å². The van der Waals surface area contributed by atoms with Crippen LogP contribution in [0.15, 0.2) is 82.9 Å². The van der Waals surface area contributed by atoms with Gasteiger partial charge in [0.05, 0.1) is 21.8 Å². The van der Waals surface area contributed by atoms with Crippen LogP contribution in [0, 0.1) is 13.8 Å². The van der Waals surface area contributed by atoms with Crippen molar-refractivity contribution in [1.82, 2.24) is 24.1 Å². The third kappa shape index (κ3) is 3.37. The van der Waals surface area contributed by atoms with E-state index in [4.69, 9.17) is 0 Å². The van der Waals surface area contributed by atoms with Gasteiger partial charge in [-0.15, -0.1) is 10.2 Å². The number of fused-ring (bicyclic) bond motifs is 4. The molecular weight excluding hydrogens is 470 g/mol. The van der Waals surface area contributed by atoms with Gasteiger partial charge in [-0.2, -0.15) is 0 Å². The van der Waals surface area contributed by atoms with Crippen molar-refractivity contribution >= 4 is 45.1 Å². The number of thioether (sulfide) groups is 1. The number of aromatic nitrogens is 5. The minimum Gasteiger partial charge on any atom is -0.360 e. The molecule has 36 heavy (non-hydrogen) atoms. The first kappa shape index (κ1) is 22.3. The molecule has 8 heteroatoms. The number of hydrogen-bond donors (Lipinski definition) is 1. The summed E-state index contributed by atoms with van der Waals surface area (Å²) in [5, 5.41) is 10.5. The molecular formula is C28H23N5O2S. The summed E-state index contributed by atoms with van der Waals surface area (Å²) in [6, 6.07) is 21.1. The van der Waals surface area contributed by atoms with E-state index in [0.717, 1.165) is 27.7 Å². The number of benzene rings is 3. The van der Waals surface area contributed by atoms with Gasteiger partial charge in [0.25, 0.3) is 5.56 Å². The number of Topliss-reactive ketones (excluding diaryl/α,β-unsaturated/α-hetero) is 1. The van der Waals surface area contributed by atoms with Crippen LogP contribution in [0.4, 0.5) is 0 Å². The summed E-state index contributed by atoms with van der Waals surface area (Å²) in [4.78, 5) is 30.3. The quantitative estimate of drug-likeness (QED) is 0.253. The fourth-order valence-electron chi connectivity index (χ4n) is 4.82. The number of aryl methyl sites for hydroxylation is 2. The standard InChI is InChI=1S/C28H23N5O2S/c1-16-9-8-10-17(2)24(16)33-26(35)20-12-5-7-14-23(20)32-27(33)30-31-28(32)36-18(3)25(34)21-15-29-22-13-6-4-11-19(21)22/h4-15,18,29H,1-3H3. The lowest BCUT2D eigenvalue weighted by Gasteiger charge is -2.16. The van der Waals surface area contributed by atoms with Gasteiger partial charge in [-0.3, -0.25) is 14.0 Å². The molecule has 0 amide bonds. The van der Waals surface area contributed by atoms with E-state index >= 15 is 0 Å². The van der Waals surface area contributed by atoms with Crippen LogP contribution in [-0.4, -0.2) is 35.2 Å². The van der Waals surface area contributed by atoms with Gasteiger partial charge >= 0.3 is 0 Å². The van der Waals surface area contributed by atoms with Crippen LogP contribution in [-0.2, 0) is 0 Å². The Bertz CT molecular complexity index is 1840. The molecule has 1 atom stereocenters. The van der Waals surface area contributed by atoms with E-state index in [1.54, 1.807) is 10.8 Å². The van der Waals surface area contributed by atoms with E-state index in [1.807, 2.05) is 91.9 Å². The Labute approximate surface area is 210 Å². The van der Waals surface area contributed by atoms with Gasteiger partial charge in [-0.25, -0.2) is 4.57 Å². The van der Waals surface area contributed by atoms with E-state index in [2.05, 4.69) is 15.2 Å². The molecule has 0 aliphatic carbocycles. The monoisotopic (exact) mass is 493 g/mol. The molecule has 6 aromatic rings. The van der Waals surface area contributed by atoms with Gasteiger partial charge in [0.15, 0.2) is 10.9 Å². The van der Waals surface area contributed by atoms with Gasteiger partial charge < -0.3 is 4.98 Å². The second kappa shape index (κ2) is 8.49. The second-order valence-electron chi connectivity index (χ2n) is 8.89. The SMILES string of the molecule is Cc1cccc(C)c1-n1c(=O)c2ccccc2n2c(SC(C)C(=O)c3c[nH]c4ccccc34)nnc12. The van der Waals surface area contributed by atoms with Crippen molar-refractivity contribution in [1.29, 1.82) is 0 Å². The first-order chi connectivity index (χ1) is 17.5. The average Bonchev–Trinajstić information content (AvgIpc) is 3.50. The molecule has 3 aromatic heterocycles. The van der Waals surface area contributed by atoms with Gasteiger partial charge in [0, 0.05) is 22.7 Å². The number of hydrogen-bond acceptors (Lipinski definition) is 5. The Morgan fingerprint density at radius 3 is 2.39 bits per heavy atom. The zero-order valence-corrected chi connectivity index (χ0v) is 20.8. The predicted molar refractivity (Wildman–Crippen MR) is 144 cm³/mol. The first-order valence-electron chi connectivity index (χ1n) is 11.7. The van der Waals surface area contributed by atoms with Crippen molar-refractivity contribution in [2.45, 2.75) is 31.2 Å². The van der Waals surface area contributed by atoms with E-state index in [1.165, 1.54) is 11.8 Å². The van der Waals surface area contributed by atoms with Crippen molar-refractivity contribution in [3.05, 3.63) is 100.0 Å². The van der Waals surface area contributed by atoms with Crippen LogP contribution in [0.2, 0.25) is 0 Å². The summed E-state index contributed by atoms with van der Waals surface area (Å²) in [5.74, 6) is 0.423. The Morgan fingerprint density at radius 1 is 0.917 bits per heavy atom. The fraction of sp³-hybridized carbons (Fsp3) is 0.143. The molecule has 0 spiro atoms. The van der Waals surface area contributed by atoms with E-state index in [0.29, 0.717) is 27.4 Å². The van der Waals surface area contributed by atoms with Crippen LogP contribution < -0.4 is 5.56 Å². The summed E-state index contributed by atoms with van der Waals surface area (Å²) in [6.07, 6.45) is 1.76. The molecule has 0 aliphatic heterocycles. The van der Waals surface area contributed by atoms with Crippen LogP contribution in [0.3, 0.4) is 0 Å². The number of rotatable bonds is 5. The molecule has 0 bridgehead atoms. The topological polar surface area (TPSA) is 85.0 Å². The van der Waals surface area contributed by atoms with Crippen LogP contribution in [0.5, 0.6) is 0 Å². The number of nitrogens with zero attached hydrogens (tertiary/aromatic N) is 4. The molecule has 7 nitrogen and oxygen atoms in total. The van der Waals surface area contributed by atoms with Crippen molar-refractivity contribution in [3.8, 4) is 5.69 Å². The van der Waals surface area contributed by atoms with Gasteiger partial charge in [-0.05, 0) is 50.1 Å². The lowest BCUT2D eigenvalue weighted by Crippen LogP contribution is -2.23. The molecule has 0 aliphatic rings. The zero-order chi connectivity index (χ0) is 25.0. The molecule has 0 fully saturated rings. The molecule has 0 saturated carbocycles. The number of para-hydroxylation sites is 3. The molecule has 178 valence electrons. The third-order valence-corrected chi connectivity index (χ3v) is 7.61. The third-order valence-electron chi connectivity index (χ3n) is 6.56. The maximum absolute atomic E-state index is 13.7. The lowest BCUT2D eigenvalue weighted by molar-refractivity contribution is 0.0995. The summed E-state index contributed by atoms with van der Waals surface area (Å²) in [7, 11) is 0. The molecule has 1 unspecified atom stereocenters. The highest BCUT2D eigenvalue weighted by atomic mass is 32.2. The number of carbonyl (C=O) groups excluding carboxylic acids is 1. The maximum Gasteiger partial charge on any atom is 0.267 e. The Hall–Kier alpha value is -4.17. The summed E-state index contributed by atoms with van der Waals surface area (Å²) < 4.78 is 3.52. The Balaban J connectivity index is 1.52. The Morgan fingerprint density at radius 2 is 1.61 bits per heavy atom. The van der Waals surface area contributed by atoms with Gasteiger partial charge in [0.2, 0.25) is 5.78 Å². The van der Waals surface area contributed by atoms with E-state index < -0.39 is 5.25 Å². The molecule has 0 saturated heterocycles. The van der Waals surface area contributed by atoms with E-state index in [9.17, 15) is 9.59 Å². The summed E-state index contributed by atoms with van der Waals surface area (Å²) in [6.45, 7) is 5.84. The highest BCUT2D eigenvalue weighted by Crippen LogP contribution is 2.30. The normalized spacial score (nSPS) is 12.5. The van der Waals surface area contributed by atoms with Crippen molar-refractivity contribution in [2.24, 2.45) is 0 Å². The minimum absolute atomic E-state index is 0.00146. The second-order valence-corrected chi connectivity index (χ2v) is 10.2. The molecule has 3 heterocycles. The van der Waals surface area contributed by atoms with Crippen molar-refractivity contribution in [2.75, 3.05) is 0 Å². The minimum atomic E-state index is -0.420. The number of H-pyrrole nitrogens is 1. The van der Waals surface area contributed by atoms with Gasteiger partial charge in [-0.1, -0.05) is 60.3 Å². The molecule has 1 N–H and O–H groups in total. The van der Waals surface area contributed by atoms with Crippen molar-refractivity contribution in [3.63, 3.8) is 0 Å². The summed E-state index contributed by atoms with van der Waals surface area (Å²) in [5.41, 5.74) is 4.86. The number of aromatic amines is 1. The van der Waals surface area contributed by atoms with Crippen molar-refractivity contribution < 1.29 is 4.79 Å². The Kier molecular flexibility index (Phi) is 5.26. The van der Waals surface area contributed by atoms with Gasteiger partial charge in [0.1, 0.15) is 0 Å². The highest BCUT2D eigenvalue weighted by molar-refractivity contribution is 8.00. The fourth-order valence-corrected chi connectivity index (χ4v) is 5.74.